The molecule has 2 aromatic carbocycles. The molecule has 0 bridgehead atoms. The topological polar surface area (TPSA) is 119 Å². The normalized spacial score (nSPS) is 11.1. The molecule has 1 amide bonds. The second-order valence-electron chi connectivity index (χ2n) is 9.26. The standard InChI is InChI=1S/C29H27N5O5/c1-16-31-20-11-12-30-14-22(20)34(16)15-18-10-9-17(13-23(18)38-4)27(35)25-24-19(29(37)39-5)7-6-8-21(24)32-26(25)28(36)33(2)3/h6-14,32H,15H2,1-5H3. The number of pyridine rings is 1. The van der Waals surface area contributed by atoms with Gasteiger partial charge in [0.25, 0.3) is 5.91 Å². The number of aromatic amines is 1. The third-order valence-electron chi connectivity index (χ3n) is 6.70. The molecular formula is C29H27N5O5. The summed E-state index contributed by atoms with van der Waals surface area (Å²) in [5.41, 5.74) is 3.72. The van der Waals surface area contributed by atoms with Crippen LogP contribution in [0.3, 0.4) is 0 Å². The van der Waals surface area contributed by atoms with E-state index in [-0.39, 0.29) is 16.8 Å². The van der Waals surface area contributed by atoms with E-state index in [0.29, 0.717) is 28.8 Å². The Morgan fingerprint density at radius 2 is 1.87 bits per heavy atom. The van der Waals surface area contributed by atoms with Crippen molar-refractivity contribution in [3.63, 3.8) is 0 Å². The minimum absolute atomic E-state index is 0.0902. The summed E-state index contributed by atoms with van der Waals surface area (Å²) >= 11 is 0. The quantitative estimate of drug-likeness (QED) is 0.252. The van der Waals surface area contributed by atoms with Crippen LogP contribution in [-0.2, 0) is 11.3 Å². The van der Waals surface area contributed by atoms with Gasteiger partial charge in [-0.05, 0) is 31.2 Å². The Hall–Kier alpha value is -4.99. The van der Waals surface area contributed by atoms with E-state index in [1.165, 1.54) is 19.1 Å². The van der Waals surface area contributed by atoms with Crippen LogP contribution in [0.4, 0.5) is 0 Å². The lowest BCUT2D eigenvalue weighted by atomic mass is 9.96. The number of hydrogen-bond acceptors (Lipinski definition) is 7. The van der Waals surface area contributed by atoms with Crippen molar-refractivity contribution in [3.05, 3.63) is 88.6 Å². The lowest BCUT2D eigenvalue weighted by Crippen LogP contribution is -2.24. The summed E-state index contributed by atoms with van der Waals surface area (Å²) in [4.78, 5) is 53.0. The van der Waals surface area contributed by atoms with Crippen LogP contribution in [0.2, 0.25) is 0 Å². The summed E-state index contributed by atoms with van der Waals surface area (Å²) in [6, 6.07) is 12.0. The van der Waals surface area contributed by atoms with E-state index in [1.54, 1.807) is 56.8 Å². The molecule has 5 rings (SSSR count). The fourth-order valence-electron chi connectivity index (χ4n) is 4.76. The van der Waals surface area contributed by atoms with E-state index in [4.69, 9.17) is 9.47 Å². The van der Waals surface area contributed by atoms with Gasteiger partial charge in [-0.25, -0.2) is 9.78 Å². The van der Waals surface area contributed by atoms with Crippen molar-refractivity contribution in [2.24, 2.45) is 0 Å². The third-order valence-corrected chi connectivity index (χ3v) is 6.70. The zero-order valence-electron chi connectivity index (χ0n) is 22.2. The lowest BCUT2D eigenvalue weighted by molar-refractivity contribution is 0.0602. The van der Waals surface area contributed by atoms with Crippen LogP contribution >= 0.6 is 0 Å². The average molecular weight is 526 g/mol. The fraction of sp³-hybridized carbons (Fsp3) is 0.207. The highest BCUT2D eigenvalue weighted by Crippen LogP contribution is 2.32. The van der Waals surface area contributed by atoms with E-state index in [1.807, 2.05) is 23.6 Å². The van der Waals surface area contributed by atoms with Crippen LogP contribution in [0.1, 0.15) is 48.2 Å². The first-order valence-corrected chi connectivity index (χ1v) is 12.2. The van der Waals surface area contributed by atoms with Crippen LogP contribution < -0.4 is 4.74 Å². The van der Waals surface area contributed by atoms with Gasteiger partial charge in [0.15, 0.2) is 5.78 Å². The predicted octanol–water partition coefficient (Wildman–Crippen LogP) is 4.00. The second kappa shape index (κ2) is 10.1. The Balaban J connectivity index is 1.63. The van der Waals surface area contributed by atoms with Gasteiger partial charge < -0.3 is 23.9 Å². The highest BCUT2D eigenvalue weighted by Gasteiger charge is 2.29. The number of carbonyl (C=O) groups excluding carboxylic acids is 3. The van der Waals surface area contributed by atoms with Gasteiger partial charge in [-0.2, -0.15) is 0 Å². The molecule has 0 atom stereocenters. The number of carbonyl (C=O) groups is 3. The van der Waals surface area contributed by atoms with Crippen molar-refractivity contribution in [2.45, 2.75) is 13.5 Å². The molecule has 0 saturated heterocycles. The summed E-state index contributed by atoms with van der Waals surface area (Å²) in [5, 5.41) is 0.329. The molecule has 10 nitrogen and oxygen atoms in total. The molecule has 198 valence electrons. The van der Waals surface area contributed by atoms with E-state index in [0.717, 1.165) is 22.4 Å². The molecule has 0 aliphatic heterocycles. The van der Waals surface area contributed by atoms with Gasteiger partial charge in [0, 0.05) is 42.3 Å². The zero-order valence-corrected chi connectivity index (χ0v) is 22.2. The maximum absolute atomic E-state index is 14.0. The number of rotatable bonds is 7. The summed E-state index contributed by atoms with van der Waals surface area (Å²) in [7, 11) is 6.00. The Morgan fingerprint density at radius 3 is 2.59 bits per heavy atom. The number of imidazole rings is 1. The Morgan fingerprint density at radius 1 is 1.08 bits per heavy atom. The van der Waals surface area contributed by atoms with Gasteiger partial charge in [-0.3, -0.25) is 14.6 Å². The highest BCUT2D eigenvalue weighted by molar-refractivity contribution is 6.25. The Bertz CT molecular complexity index is 1770. The van der Waals surface area contributed by atoms with Gasteiger partial charge in [0.1, 0.15) is 17.3 Å². The van der Waals surface area contributed by atoms with Crippen molar-refractivity contribution in [1.82, 2.24) is 24.4 Å². The number of nitrogens with one attached hydrogen (secondary N) is 1. The van der Waals surface area contributed by atoms with Crippen molar-refractivity contribution in [1.29, 1.82) is 0 Å². The van der Waals surface area contributed by atoms with Crippen LogP contribution in [0.15, 0.2) is 54.9 Å². The fourth-order valence-corrected chi connectivity index (χ4v) is 4.76. The van der Waals surface area contributed by atoms with Crippen molar-refractivity contribution in [2.75, 3.05) is 28.3 Å². The number of ether oxygens (including phenoxy) is 2. The largest absolute Gasteiger partial charge is 0.496 e. The van der Waals surface area contributed by atoms with Crippen molar-refractivity contribution < 1.29 is 23.9 Å². The first-order chi connectivity index (χ1) is 18.7. The average Bonchev–Trinajstić information content (AvgIpc) is 3.49. The summed E-state index contributed by atoms with van der Waals surface area (Å²) < 4.78 is 12.7. The van der Waals surface area contributed by atoms with Crippen LogP contribution in [-0.4, -0.2) is 70.4 Å². The number of aryl methyl sites for hydroxylation is 1. The van der Waals surface area contributed by atoms with E-state index >= 15 is 0 Å². The molecule has 3 aromatic heterocycles. The van der Waals surface area contributed by atoms with E-state index in [2.05, 4.69) is 15.0 Å². The third kappa shape index (κ3) is 4.39. The van der Waals surface area contributed by atoms with Gasteiger partial charge >= 0.3 is 5.97 Å². The predicted molar refractivity (Wildman–Crippen MR) is 145 cm³/mol. The van der Waals surface area contributed by atoms with Crippen molar-refractivity contribution >= 4 is 39.6 Å². The second-order valence-corrected chi connectivity index (χ2v) is 9.26. The number of esters is 1. The van der Waals surface area contributed by atoms with Gasteiger partial charge in [0.2, 0.25) is 0 Å². The maximum atomic E-state index is 14.0. The minimum Gasteiger partial charge on any atom is -0.496 e. The van der Waals surface area contributed by atoms with E-state index in [9.17, 15) is 14.4 Å². The molecule has 0 saturated carbocycles. The Kier molecular flexibility index (Phi) is 6.61. The maximum Gasteiger partial charge on any atom is 0.338 e. The molecule has 0 spiro atoms. The molecule has 0 fully saturated rings. The number of nitrogens with zero attached hydrogens (tertiary/aromatic N) is 4. The molecule has 5 aromatic rings. The number of methoxy groups -OCH3 is 2. The van der Waals surface area contributed by atoms with Crippen LogP contribution in [0, 0.1) is 6.92 Å². The number of amides is 1. The molecule has 0 aliphatic carbocycles. The number of fused-ring (bicyclic) bond motifs is 2. The number of benzene rings is 2. The zero-order chi connectivity index (χ0) is 27.8. The lowest BCUT2D eigenvalue weighted by Gasteiger charge is -2.14. The number of H-pyrrole nitrogens is 1. The number of ketones is 1. The Labute approximate surface area is 224 Å². The summed E-state index contributed by atoms with van der Waals surface area (Å²) in [6.45, 7) is 2.37. The number of hydrogen-bond donors (Lipinski definition) is 1. The molecule has 39 heavy (non-hydrogen) atoms. The summed E-state index contributed by atoms with van der Waals surface area (Å²) in [5.74, 6) is -0.116. The minimum atomic E-state index is -0.608. The highest BCUT2D eigenvalue weighted by atomic mass is 16.5. The molecule has 0 radical (unpaired) electrons. The molecular weight excluding hydrogens is 498 g/mol. The van der Waals surface area contributed by atoms with Gasteiger partial charge in [0.05, 0.1) is 49.1 Å². The van der Waals surface area contributed by atoms with Gasteiger partial charge in [-0.1, -0.05) is 18.2 Å². The van der Waals surface area contributed by atoms with Crippen LogP contribution in [0.25, 0.3) is 21.9 Å². The summed E-state index contributed by atoms with van der Waals surface area (Å²) in [6.07, 6.45) is 3.46. The first kappa shape index (κ1) is 25.7. The molecule has 3 heterocycles. The molecule has 0 aliphatic rings. The molecule has 0 unspecified atom stereocenters. The molecule has 10 heteroatoms. The van der Waals surface area contributed by atoms with Crippen molar-refractivity contribution in [3.8, 4) is 5.75 Å². The molecule has 1 N–H and O–H groups in total. The smallest absolute Gasteiger partial charge is 0.338 e. The number of aromatic nitrogens is 4. The first-order valence-electron chi connectivity index (χ1n) is 12.2. The SMILES string of the molecule is COC(=O)c1cccc2[nH]c(C(=O)N(C)C)c(C(=O)c3ccc(Cn4c(C)nc5ccncc54)c(OC)c3)c12. The van der Waals surface area contributed by atoms with E-state index < -0.39 is 17.7 Å². The van der Waals surface area contributed by atoms with Crippen LogP contribution in [0.5, 0.6) is 5.75 Å². The van der Waals surface area contributed by atoms with Gasteiger partial charge in [-0.15, -0.1) is 0 Å². The monoisotopic (exact) mass is 525 g/mol.